The molecule has 0 atom stereocenters. The molecule has 0 spiro atoms. The minimum atomic E-state index is -0.325. The van der Waals surface area contributed by atoms with E-state index in [1.807, 2.05) is 6.07 Å². The summed E-state index contributed by atoms with van der Waals surface area (Å²) < 4.78 is 11.6. The summed E-state index contributed by atoms with van der Waals surface area (Å²) in [6.07, 6.45) is 0.895. The van der Waals surface area contributed by atoms with Gasteiger partial charge in [-0.2, -0.15) is 0 Å². The molecule has 1 aliphatic rings. The van der Waals surface area contributed by atoms with E-state index in [-0.39, 0.29) is 18.2 Å². The first-order chi connectivity index (χ1) is 9.40. The predicted molar refractivity (Wildman–Crippen MR) is 79.2 cm³/mol. The summed E-state index contributed by atoms with van der Waals surface area (Å²) in [5, 5.41) is 0. The topological polar surface area (TPSA) is 73.6 Å². The third kappa shape index (κ3) is 3.52. The predicted octanol–water partition coefficient (Wildman–Crippen LogP) is 0.944. The molecule has 5 nitrogen and oxygen atoms in total. The quantitative estimate of drug-likeness (QED) is 0.365. The van der Waals surface area contributed by atoms with Crippen molar-refractivity contribution in [1.82, 2.24) is 5.43 Å². The number of benzene rings is 1. The van der Waals surface area contributed by atoms with E-state index < -0.39 is 0 Å². The Hall–Kier alpha value is -1.53. The largest absolute Gasteiger partial charge is 0.492 e. The Balaban J connectivity index is 2.33. The maximum absolute atomic E-state index is 11.6. The van der Waals surface area contributed by atoms with E-state index in [1.165, 1.54) is 0 Å². The van der Waals surface area contributed by atoms with Crippen molar-refractivity contribution in [2.45, 2.75) is 27.1 Å². The third-order valence-corrected chi connectivity index (χ3v) is 3.21. The van der Waals surface area contributed by atoms with Gasteiger partial charge in [-0.15, -0.1) is 0 Å². The number of nitrogens with two attached hydrogens (primary N) is 1. The summed E-state index contributed by atoms with van der Waals surface area (Å²) >= 11 is 0. The van der Waals surface area contributed by atoms with E-state index in [2.05, 4.69) is 26.2 Å². The van der Waals surface area contributed by atoms with Gasteiger partial charge in [0.25, 0.3) is 5.91 Å². The number of carbonyl (C=O) groups excluding carboxylic acids is 1. The van der Waals surface area contributed by atoms with Crippen molar-refractivity contribution >= 4 is 18.3 Å². The van der Waals surface area contributed by atoms with Crippen LogP contribution < -0.4 is 21.5 Å². The molecule has 6 heteroatoms. The zero-order chi connectivity index (χ0) is 14.8. The van der Waals surface area contributed by atoms with Crippen LogP contribution in [0, 0.1) is 5.41 Å². The fourth-order valence-corrected chi connectivity index (χ4v) is 2.31. The molecule has 0 fully saturated rings. The van der Waals surface area contributed by atoms with E-state index in [0.717, 1.165) is 11.8 Å². The SMILES string of the molecule is CC(C)(C)CB1OCCOc2cc(C(=O)NN)ccc21. The van der Waals surface area contributed by atoms with Crippen LogP contribution >= 0.6 is 0 Å². The molecular weight excluding hydrogens is 255 g/mol. The minimum absolute atomic E-state index is 0.0116. The first-order valence-corrected chi connectivity index (χ1v) is 6.80. The molecular formula is C14H21BN2O3. The molecule has 1 amide bonds. The lowest BCUT2D eigenvalue weighted by atomic mass is 9.52. The van der Waals surface area contributed by atoms with Crippen molar-refractivity contribution in [3.8, 4) is 5.75 Å². The number of nitrogens with one attached hydrogen (secondary N) is 1. The normalized spacial score (nSPS) is 15.1. The van der Waals surface area contributed by atoms with Crippen LogP contribution in [0.4, 0.5) is 0 Å². The highest BCUT2D eigenvalue weighted by Crippen LogP contribution is 2.25. The van der Waals surface area contributed by atoms with Gasteiger partial charge in [0.05, 0.1) is 6.61 Å². The van der Waals surface area contributed by atoms with Crippen molar-refractivity contribution in [1.29, 1.82) is 0 Å². The first-order valence-electron chi connectivity index (χ1n) is 6.80. The molecule has 1 aromatic rings. The lowest BCUT2D eigenvalue weighted by Gasteiger charge is -2.23. The molecule has 0 aliphatic carbocycles. The molecule has 1 aliphatic heterocycles. The van der Waals surface area contributed by atoms with E-state index >= 15 is 0 Å². The van der Waals surface area contributed by atoms with Crippen LogP contribution in [0.3, 0.4) is 0 Å². The van der Waals surface area contributed by atoms with Crippen molar-refractivity contribution < 1.29 is 14.2 Å². The molecule has 0 radical (unpaired) electrons. The molecule has 108 valence electrons. The van der Waals surface area contributed by atoms with Crippen LogP contribution in [0.15, 0.2) is 18.2 Å². The standard InChI is InChI=1S/C14H21BN2O3/c1-14(2,3)9-15-11-5-4-10(13(18)17-16)8-12(11)19-6-7-20-15/h4-5,8H,6-7,9,16H2,1-3H3,(H,17,18). The van der Waals surface area contributed by atoms with E-state index in [4.69, 9.17) is 15.2 Å². The molecule has 0 saturated heterocycles. The summed E-state index contributed by atoms with van der Waals surface area (Å²) in [5.74, 6) is 5.54. The number of hydrogen-bond acceptors (Lipinski definition) is 4. The van der Waals surface area contributed by atoms with Gasteiger partial charge in [-0.3, -0.25) is 10.2 Å². The number of amides is 1. The van der Waals surface area contributed by atoms with Crippen molar-refractivity contribution in [2.24, 2.45) is 11.3 Å². The van der Waals surface area contributed by atoms with Crippen molar-refractivity contribution in [2.75, 3.05) is 13.2 Å². The number of fused-ring (bicyclic) bond motifs is 1. The second kappa shape index (κ2) is 5.85. The Morgan fingerprint density at radius 3 is 2.80 bits per heavy atom. The lowest BCUT2D eigenvalue weighted by molar-refractivity contribution is 0.0953. The van der Waals surface area contributed by atoms with Crippen LogP contribution in [0.25, 0.3) is 0 Å². The van der Waals surface area contributed by atoms with Crippen LogP contribution in [0.1, 0.15) is 31.1 Å². The Morgan fingerprint density at radius 1 is 1.40 bits per heavy atom. The van der Waals surface area contributed by atoms with E-state index in [9.17, 15) is 4.79 Å². The fraction of sp³-hybridized carbons (Fsp3) is 0.500. The summed E-state index contributed by atoms with van der Waals surface area (Å²) in [6, 6.07) is 5.36. The molecule has 0 aromatic heterocycles. The van der Waals surface area contributed by atoms with Gasteiger partial charge in [0, 0.05) is 5.56 Å². The summed E-state index contributed by atoms with van der Waals surface area (Å²) in [7, 11) is 0. The van der Waals surface area contributed by atoms with E-state index in [0.29, 0.717) is 24.5 Å². The summed E-state index contributed by atoms with van der Waals surface area (Å²) in [6.45, 7) is 7.56. The zero-order valence-corrected chi connectivity index (χ0v) is 12.2. The van der Waals surface area contributed by atoms with Gasteiger partial charge in [0.2, 0.25) is 0 Å². The van der Waals surface area contributed by atoms with Crippen LogP contribution in [-0.2, 0) is 4.65 Å². The summed E-state index contributed by atoms with van der Waals surface area (Å²) in [5.41, 5.74) is 3.76. The number of carbonyl (C=O) groups is 1. The smallest absolute Gasteiger partial charge is 0.331 e. The fourth-order valence-electron chi connectivity index (χ4n) is 2.31. The van der Waals surface area contributed by atoms with E-state index in [1.54, 1.807) is 12.1 Å². The summed E-state index contributed by atoms with van der Waals surface area (Å²) in [4.78, 5) is 11.6. The Kier molecular flexibility index (Phi) is 4.35. The molecule has 1 aromatic carbocycles. The van der Waals surface area contributed by atoms with Crippen LogP contribution in [0.2, 0.25) is 6.32 Å². The van der Waals surface area contributed by atoms with Gasteiger partial charge in [0.15, 0.2) is 0 Å². The molecule has 3 N–H and O–H groups in total. The van der Waals surface area contributed by atoms with Gasteiger partial charge in [-0.05, 0) is 29.3 Å². The molecule has 20 heavy (non-hydrogen) atoms. The van der Waals surface area contributed by atoms with Gasteiger partial charge < -0.3 is 9.39 Å². The van der Waals surface area contributed by atoms with Crippen LogP contribution in [0.5, 0.6) is 5.75 Å². The second-order valence-corrected chi connectivity index (χ2v) is 6.20. The highest BCUT2D eigenvalue weighted by molar-refractivity contribution is 6.68. The zero-order valence-electron chi connectivity index (χ0n) is 12.2. The molecule has 0 saturated carbocycles. The molecule has 0 bridgehead atoms. The second-order valence-electron chi connectivity index (χ2n) is 6.20. The Morgan fingerprint density at radius 2 is 2.15 bits per heavy atom. The highest BCUT2D eigenvalue weighted by Gasteiger charge is 2.30. The highest BCUT2D eigenvalue weighted by atomic mass is 16.5. The average Bonchev–Trinajstić information content (AvgIpc) is 2.58. The maximum atomic E-state index is 11.6. The number of rotatable bonds is 2. The molecule has 2 rings (SSSR count). The Labute approximate surface area is 119 Å². The monoisotopic (exact) mass is 276 g/mol. The van der Waals surface area contributed by atoms with Gasteiger partial charge in [-0.1, -0.05) is 26.8 Å². The minimum Gasteiger partial charge on any atom is -0.492 e. The van der Waals surface area contributed by atoms with Crippen molar-refractivity contribution in [3.05, 3.63) is 23.8 Å². The van der Waals surface area contributed by atoms with Crippen molar-refractivity contribution in [3.63, 3.8) is 0 Å². The number of hydrazine groups is 1. The third-order valence-electron chi connectivity index (χ3n) is 3.21. The lowest BCUT2D eigenvalue weighted by Crippen LogP contribution is -2.37. The number of hydrogen-bond donors (Lipinski definition) is 2. The Bertz CT molecular complexity index is 500. The number of ether oxygens (including phenoxy) is 1. The molecule has 1 heterocycles. The van der Waals surface area contributed by atoms with Gasteiger partial charge in [0.1, 0.15) is 12.4 Å². The van der Waals surface area contributed by atoms with Crippen LogP contribution in [-0.4, -0.2) is 26.0 Å². The molecule has 0 unspecified atom stereocenters. The van der Waals surface area contributed by atoms with Gasteiger partial charge in [-0.25, -0.2) is 5.84 Å². The number of nitrogen functional groups attached to an aromatic ring is 1. The first kappa shape index (κ1) is 14.9. The maximum Gasteiger partial charge on any atom is 0.331 e. The average molecular weight is 276 g/mol. The van der Waals surface area contributed by atoms with Gasteiger partial charge >= 0.3 is 6.92 Å².